The van der Waals surface area contributed by atoms with Crippen LogP contribution in [0.25, 0.3) is 0 Å². The quantitative estimate of drug-likeness (QED) is 0.502. The third-order valence-corrected chi connectivity index (χ3v) is 7.94. The lowest BCUT2D eigenvalue weighted by molar-refractivity contribution is -0.123. The summed E-state index contributed by atoms with van der Waals surface area (Å²) in [6.45, 7) is 6.04. The van der Waals surface area contributed by atoms with Crippen LogP contribution in [0, 0.1) is 5.92 Å². The first-order valence-corrected chi connectivity index (χ1v) is 12.7. The average Bonchev–Trinajstić information content (AvgIpc) is 2.80. The van der Waals surface area contributed by atoms with E-state index in [1.165, 1.54) is 0 Å². The molecule has 1 aliphatic heterocycles. The van der Waals surface area contributed by atoms with E-state index in [0.29, 0.717) is 21.1 Å². The molecule has 0 spiro atoms. The highest BCUT2D eigenvalue weighted by atomic mass is 35.5. The molecule has 33 heavy (non-hydrogen) atoms. The van der Waals surface area contributed by atoms with Crippen molar-refractivity contribution in [3.05, 3.63) is 57.0 Å². The van der Waals surface area contributed by atoms with Gasteiger partial charge in [0.25, 0.3) is 0 Å². The summed E-state index contributed by atoms with van der Waals surface area (Å²) < 4.78 is 0. The Hall–Kier alpha value is -1.66. The van der Waals surface area contributed by atoms with Gasteiger partial charge in [0.05, 0.1) is 16.8 Å². The number of nitrogens with one attached hydrogen (secondary N) is 1. The van der Waals surface area contributed by atoms with E-state index in [2.05, 4.69) is 34.2 Å². The highest BCUT2D eigenvalue weighted by Crippen LogP contribution is 2.34. The largest absolute Gasteiger partial charge is 0.377 e. The van der Waals surface area contributed by atoms with Crippen molar-refractivity contribution >= 4 is 52.1 Å². The van der Waals surface area contributed by atoms with Crippen LogP contribution in [0.5, 0.6) is 0 Å². The Morgan fingerprint density at radius 3 is 2.30 bits per heavy atom. The van der Waals surface area contributed by atoms with Gasteiger partial charge in [-0.15, -0.1) is 0 Å². The molecule has 1 saturated heterocycles. The van der Waals surface area contributed by atoms with Gasteiger partial charge in [-0.25, -0.2) is 0 Å². The number of nitrogens with two attached hydrogens (primary N) is 1. The maximum absolute atomic E-state index is 11.4. The van der Waals surface area contributed by atoms with Gasteiger partial charge < -0.3 is 16.0 Å². The van der Waals surface area contributed by atoms with Crippen molar-refractivity contribution < 1.29 is 4.79 Å². The molecule has 1 heterocycles. The SMILES string of the molecule is CC(Nc1cc(N2CCN(C3CCC(C(N)=O)CC3)CC2)ccc1Cl)c1ccc(Cl)cc1Cl. The molecule has 0 bridgehead atoms. The zero-order chi connectivity index (χ0) is 23.5. The number of anilines is 2. The lowest BCUT2D eigenvalue weighted by atomic mass is 9.84. The van der Waals surface area contributed by atoms with Crippen molar-refractivity contribution in [1.29, 1.82) is 0 Å². The number of carbonyl (C=O) groups excluding carboxylic acids is 1. The van der Waals surface area contributed by atoms with Gasteiger partial charge in [-0.2, -0.15) is 0 Å². The van der Waals surface area contributed by atoms with E-state index in [9.17, 15) is 4.79 Å². The first-order chi connectivity index (χ1) is 15.8. The van der Waals surface area contributed by atoms with Crippen LogP contribution in [0.15, 0.2) is 36.4 Å². The van der Waals surface area contributed by atoms with Gasteiger partial charge in [0.1, 0.15) is 0 Å². The van der Waals surface area contributed by atoms with Gasteiger partial charge in [-0.1, -0.05) is 40.9 Å². The molecule has 2 fully saturated rings. The molecule has 0 aromatic heterocycles. The Morgan fingerprint density at radius 2 is 1.67 bits per heavy atom. The summed E-state index contributed by atoms with van der Waals surface area (Å²) >= 11 is 18.9. The number of primary amides is 1. The van der Waals surface area contributed by atoms with Crippen molar-refractivity contribution in [2.24, 2.45) is 11.7 Å². The zero-order valence-electron chi connectivity index (χ0n) is 18.9. The van der Waals surface area contributed by atoms with Gasteiger partial charge in [0.2, 0.25) is 5.91 Å². The fraction of sp³-hybridized carbons (Fsp3) is 0.480. The van der Waals surface area contributed by atoms with Gasteiger partial charge in [0, 0.05) is 53.9 Å². The summed E-state index contributed by atoms with van der Waals surface area (Å²) in [6, 6.07) is 12.2. The standard InChI is InChI=1S/C25H31Cl3N4O/c1-16(21-8-4-18(26)14-23(21)28)30-24-15-20(7-9-22(24)27)32-12-10-31(11-13-32)19-5-2-17(3-6-19)25(29)33/h4,7-9,14-17,19,30H,2-3,5-6,10-13H2,1H3,(H2,29,33). The van der Waals surface area contributed by atoms with Gasteiger partial charge in [-0.3, -0.25) is 9.69 Å². The number of amides is 1. The normalized spacial score (nSPS) is 22.7. The first-order valence-electron chi connectivity index (χ1n) is 11.6. The maximum Gasteiger partial charge on any atom is 0.220 e. The molecule has 1 aliphatic carbocycles. The summed E-state index contributed by atoms with van der Waals surface area (Å²) in [5, 5.41) is 5.44. The zero-order valence-corrected chi connectivity index (χ0v) is 21.1. The summed E-state index contributed by atoms with van der Waals surface area (Å²) in [7, 11) is 0. The Labute approximate surface area is 211 Å². The predicted octanol–water partition coefficient (Wildman–Crippen LogP) is 5.99. The Kier molecular flexibility index (Phi) is 7.95. The lowest BCUT2D eigenvalue weighted by Gasteiger charge is -2.42. The molecule has 4 rings (SSSR count). The van der Waals surface area contributed by atoms with Crippen LogP contribution in [0.3, 0.4) is 0 Å². The summed E-state index contributed by atoms with van der Waals surface area (Å²) in [4.78, 5) is 16.4. The van der Waals surface area contributed by atoms with E-state index in [1.54, 1.807) is 6.07 Å². The van der Waals surface area contributed by atoms with Gasteiger partial charge >= 0.3 is 0 Å². The average molecular weight is 510 g/mol. The molecular weight excluding hydrogens is 479 g/mol. The molecule has 1 unspecified atom stereocenters. The number of hydrogen-bond acceptors (Lipinski definition) is 4. The topological polar surface area (TPSA) is 61.6 Å². The second-order valence-corrected chi connectivity index (χ2v) is 10.4. The minimum atomic E-state index is -0.141. The minimum Gasteiger partial charge on any atom is -0.377 e. The number of carbonyl (C=O) groups is 1. The molecule has 0 radical (unpaired) electrons. The van der Waals surface area contributed by atoms with E-state index in [1.807, 2.05) is 18.2 Å². The molecule has 2 aromatic carbocycles. The Morgan fingerprint density at radius 1 is 0.970 bits per heavy atom. The van der Waals surface area contributed by atoms with Crippen LogP contribution in [-0.4, -0.2) is 43.0 Å². The highest BCUT2D eigenvalue weighted by Gasteiger charge is 2.30. The molecule has 2 aromatic rings. The van der Waals surface area contributed by atoms with E-state index < -0.39 is 0 Å². The number of benzene rings is 2. The number of hydrogen-bond donors (Lipinski definition) is 2. The van der Waals surface area contributed by atoms with Crippen LogP contribution < -0.4 is 16.0 Å². The molecule has 8 heteroatoms. The van der Waals surface area contributed by atoms with Crippen LogP contribution in [0.4, 0.5) is 11.4 Å². The predicted molar refractivity (Wildman–Crippen MR) is 139 cm³/mol. The fourth-order valence-corrected chi connectivity index (χ4v) is 5.80. The minimum absolute atomic E-state index is 0.0186. The Bertz CT molecular complexity index is 986. The number of rotatable bonds is 6. The van der Waals surface area contributed by atoms with Crippen molar-refractivity contribution in [2.45, 2.75) is 44.7 Å². The molecule has 1 saturated carbocycles. The Balaban J connectivity index is 1.37. The molecule has 178 valence electrons. The second-order valence-electron chi connectivity index (χ2n) is 9.13. The number of halogens is 3. The van der Waals surface area contributed by atoms with E-state index in [0.717, 1.165) is 68.8 Å². The van der Waals surface area contributed by atoms with Crippen LogP contribution in [0.2, 0.25) is 15.1 Å². The summed E-state index contributed by atoms with van der Waals surface area (Å²) in [6.07, 6.45) is 3.96. The molecule has 1 atom stereocenters. The molecule has 5 nitrogen and oxygen atoms in total. The summed E-state index contributed by atoms with van der Waals surface area (Å²) in [5.74, 6) is -0.0780. The lowest BCUT2D eigenvalue weighted by Crippen LogP contribution is -2.51. The molecule has 1 amide bonds. The molecular formula is C25H31Cl3N4O. The van der Waals surface area contributed by atoms with Crippen LogP contribution in [-0.2, 0) is 4.79 Å². The van der Waals surface area contributed by atoms with Crippen LogP contribution >= 0.6 is 34.8 Å². The van der Waals surface area contributed by atoms with Crippen molar-refractivity contribution in [2.75, 3.05) is 36.4 Å². The smallest absolute Gasteiger partial charge is 0.220 e. The number of piperazine rings is 1. The summed E-state index contributed by atoms with van der Waals surface area (Å²) in [5.41, 5.74) is 8.51. The van der Waals surface area contributed by atoms with E-state index in [-0.39, 0.29) is 17.9 Å². The van der Waals surface area contributed by atoms with Crippen LogP contribution in [0.1, 0.15) is 44.2 Å². The van der Waals surface area contributed by atoms with Gasteiger partial charge in [-0.05, 0) is 68.5 Å². The van der Waals surface area contributed by atoms with Crippen molar-refractivity contribution in [3.63, 3.8) is 0 Å². The van der Waals surface area contributed by atoms with E-state index >= 15 is 0 Å². The third-order valence-electron chi connectivity index (χ3n) is 7.05. The number of nitrogens with zero attached hydrogens (tertiary/aromatic N) is 2. The molecule has 2 aliphatic rings. The first kappa shape index (κ1) is 24.5. The highest BCUT2D eigenvalue weighted by molar-refractivity contribution is 6.35. The fourth-order valence-electron chi connectivity index (χ4n) is 5.05. The second kappa shape index (κ2) is 10.7. The van der Waals surface area contributed by atoms with Crippen molar-refractivity contribution in [3.8, 4) is 0 Å². The van der Waals surface area contributed by atoms with Crippen molar-refractivity contribution in [1.82, 2.24) is 4.90 Å². The maximum atomic E-state index is 11.4. The third kappa shape index (κ3) is 5.89. The molecule has 3 N–H and O–H groups in total. The van der Waals surface area contributed by atoms with Gasteiger partial charge in [0.15, 0.2) is 0 Å². The monoisotopic (exact) mass is 508 g/mol. The van der Waals surface area contributed by atoms with E-state index in [4.69, 9.17) is 40.5 Å².